The third kappa shape index (κ3) is 2.73. The van der Waals surface area contributed by atoms with Crippen molar-refractivity contribution in [2.45, 2.75) is 26.3 Å². The number of nitrogens with zero attached hydrogens (tertiary/aromatic N) is 2. The first kappa shape index (κ1) is 11.0. The standard InChI is InChI=1S/C10H19N3O/c1-5-9(7-14-4)12-10-11-8(2)6-13(10)3/h6,9H,5,7H2,1-4H3,(H,11,12). The zero-order chi connectivity index (χ0) is 10.6. The summed E-state index contributed by atoms with van der Waals surface area (Å²) < 4.78 is 7.11. The quantitative estimate of drug-likeness (QED) is 0.778. The average molecular weight is 197 g/mol. The van der Waals surface area contributed by atoms with Crippen LogP contribution >= 0.6 is 0 Å². The summed E-state index contributed by atoms with van der Waals surface area (Å²) in [6.07, 6.45) is 3.03. The van der Waals surface area contributed by atoms with Gasteiger partial charge in [-0.15, -0.1) is 0 Å². The van der Waals surface area contributed by atoms with Gasteiger partial charge in [0.25, 0.3) is 0 Å². The summed E-state index contributed by atoms with van der Waals surface area (Å²) in [5, 5.41) is 3.35. The van der Waals surface area contributed by atoms with E-state index in [0.717, 1.165) is 18.1 Å². The Balaban J connectivity index is 2.61. The molecule has 14 heavy (non-hydrogen) atoms. The topological polar surface area (TPSA) is 39.1 Å². The molecular weight excluding hydrogens is 178 g/mol. The second-order valence-electron chi connectivity index (χ2n) is 3.52. The van der Waals surface area contributed by atoms with Crippen LogP contribution in [-0.4, -0.2) is 29.3 Å². The maximum absolute atomic E-state index is 5.11. The van der Waals surface area contributed by atoms with E-state index in [1.165, 1.54) is 0 Å². The number of anilines is 1. The number of aryl methyl sites for hydroxylation is 2. The van der Waals surface area contributed by atoms with Crippen molar-refractivity contribution in [2.24, 2.45) is 7.05 Å². The lowest BCUT2D eigenvalue weighted by Crippen LogP contribution is -2.25. The van der Waals surface area contributed by atoms with Gasteiger partial charge >= 0.3 is 0 Å². The molecule has 1 aromatic heterocycles. The van der Waals surface area contributed by atoms with Gasteiger partial charge in [-0.25, -0.2) is 4.98 Å². The third-order valence-electron chi connectivity index (χ3n) is 2.19. The molecule has 0 aromatic carbocycles. The summed E-state index contributed by atoms with van der Waals surface area (Å²) in [4.78, 5) is 4.38. The molecule has 1 atom stereocenters. The van der Waals surface area contributed by atoms with E-state index in [1.807, 2.05) is 24.7 Å². The number of imidazole rings is 1. The first-order valence-electron chi connectivity index (χ1n) is 4.92. The van der Waals surface area contributed by atoms with Gasteiger partial charge in [0, 0.05) is 20.4 Å². The van der Waals surface area contributed by atoms with Crippen LogP contribution in [0.15, 0.2) is 6.20 Å². The van der Waals surface area contributed by atoms with Crippen molar-refractivity contribution in [3.8, 4) is 0 Å². The van der Waals surface area contributed by atoms with Gasteiger partial charge in [0.15, 0.2) is 0 Å². The summed E-state index contributed by atoms with van der Waals surface area (Å²) in [6, 6.07) is 0.334. The Hall–Kier alpha value is -1.03. The van der Waals surface area contributed by atoms with Crippen molar-refractivity contribution in [1.82, 2.24) is 9.55 Å². The highest BCUT2D eigenvalue weighted by atomic mass is 16.5. The van der Waals surface area contributed by atoms with E-state index in [2.05, 4.69) is 17.2 Å². The Kier molecular flexibility index (Phi) is 3.95. The summed E-state index contributed by atoms with van der Waals surface area (Å²) in [6.45, 7) is 4.83. The van der Waals surface area contributed by atoms with E-state index in [1.54, 1.807) is 7.11 Å². The number of ether oxygens (including phenoxy) is 1. The highest BCUT2D eigenvalue weighted by molar-refractivity contribution is 5.29. The van der Waals surface area contributed by atoms with Crippen molar-refractivity contribution in [3.05, 3.63) is 11.9 Å². The normalized spacial score (nSPS) is 12.9. The molecule has 0 aliphatic carbocycles. The molecule has 80 valence electrons. The molecule has 0 radical (unpaired) electrons. The van der Waals surface area contributed by atoms with Crippen LogP contribution in [0, 0.1) is 6.92 Å². The Morgan fingerprint density at radius 3 is 2.79 bits per heavy atom. The van der Waals surface area contributed by atoms with Gasteiger partial charge in [0.05, 0.1) is 18.3 Å². The molecule has 0 saturated carbocycles. The summed E-state index contributed by atoms with van der Waals surface area (Å²) in [7, 11) is 3.70. The third-order valence-corrected chi connectivity index (χ3v) is 2.19. The Morgan fingerprint density at radius 2 is 2.36 bits per heavy atom. The molecule has 1 unspecified atom stereocenters. The van der Waals surface area contributed by atoms with Gasteiger partial charge < -0.3 is 14.6 Å². The first-order valence-corrected chi connectivity index (χ1v) is 4.92. The van der Waals surface area contributed by atoms with Crippen LogP contribution in [-0.2, 0) is 11.8 Å². The molecule has 0 spiro atoms. The summed E-state index contributed by atoms with van der Waals surface area (Å²) >= 11 is 0. The van der Waals surface area contributed by atoms with Crippen molar-refractivity contribution < 1.29 is 4.74 Å². The SMILES string of the molecule is CCC(COC)Nc1nc(C)cn1C. The van der Waals surface area contributed by atoms with E-state index in [4.69, 9.17) is 4.74 Å². The maximum atomic E-state index is 5.11. The molecule has 0 bridgehead atoms. The molecule has 0 aliphatic rings. The van der Waals surface area contributed by atoms with Crippen LogP contribution in [0.3, 0.4) is 0 Å². The molecule has 0 aliphatic heterocycles. The molecule has 0 fully saturated rings. The van der Waals surface area contributed by atoms with E-state index in [9.17, 15) is 0 Å². The number of hydrogen-bond donors (Lipinski definition) is 1. The van der Waals surface area contributed by atoms with Gasteiger partial charge in [-0.3, -0.25) is 0 Å². The zero-order valence-corrected chi connectivity index (χ0v) is 9.37. The van der Waals surface area contributed by atoms with E-state index < -0.39 is 0 Å². The molecule has 4 nitrogen and oxygen atoms in total. The summed E-state index contributed by atoms with van der Waals surface area (Å²) in [5.41, 5.74) is 1.03. The number of methoxy groups -OCH3 is 1. The molecule has 4 heteroatoms. The molecule has 0 saturated heterocycles. The fourth-order valence-electron chi connectivity index (χ4n) is 1.40. The van der Waals surface area contributed by atoms with Gasteiger partial charge in [-0.1, -0.05) is 6.92 Å². The van der Waals surface area contributed by atoms with Crippen LogP contribution in [0.2, 0.25) is 0 Å². The van der Waals surface area contributed by atoms with Crippen LogP contribution in [0.5, 0.6) is 0 Å². The van der Waals surface area contributed by atoms with E-state index in [0.29, 0.717) is 12.6 Å². The van der Waals surface area contributed by atoms with Crippen molar-refractivity contribution in [3.63, 3.8) is 0 Å². The van der Waals surface area contributed by atoms with Crippen LogP contribution in [0.4, 0.5) is 5.95 Å². The minimum atomic E-state index is 0.334. The monoisotopic (exact) mass is 197 g/mol. The Morgan fingerprint density at radius 1 is 1.64 bits per heavy atom. The minimum Gasteiger partial charge on any atom is -0.383 e. The lowest BCUT2D eigenvalue weighted by atomic mass is 10.2. The van der Waals surface area contributed by atoms with Crippen LogP contribution in [0.25, 0.3) is 0 Å². The van der Waals surface area contributed by atoms with Gasteiger partial charge in [-0.2, -0.15) is 0 Å². The molecule has 1 rings (SSSR count). The van der Waals surface area contributed by atoms with E-state index in [-0.39, 0.29) is 0 Å². The largest absolute Gasteiger partial charge is 0.383 e. The Bertz CT molecular complexity index is 283. The first-order chi connectivity index (χ1) is 6.67. The number of hydrogen-bond acceptors (Lipinski definition) is 3. The lowest BCUT2D eigenvalue weighted by Gasteiger charge is -2.16. The van der Waals surface area contributed by atoms with E-state index >= 15 is 0 Å². The van der Waals surface area contributed by atoms with Gasteiger partial charge in [0.2, 0.25) is 5.95 Å². The fourth-order valence-corrected chi connectivity index (χ4v) is 1.40. The lowest BCUT2D eigenvalue weighted by molar-refractivity contribution is 0.184. The second-order valence-corrected chi connectivity index (χ2v) is 3.52. The van der Waals surface area contributed by atoms with Crippen LogP contribution in [0.1, 0.15) is 19.0 Å². The fraction of sp³-hybridized carbons (Fsp3) is 0.700. The summed E-state index contributed by atoms with van der Waals surface area (Å²) in [5.74, 6) is 0.909. The van der Waals surface area contributed by atoms with Gasteiger partial charge in [0.1, 0.15) is 0 Å². The number of aromatic nitrogens is 2. The van der Waals surface area contributed by atoms with Crippen molar-refractivity contribution in [2.75, 3.05) is 19.0 Å². The zero-order valence-electron chi connectivity index (χ0n) is 9.37. The molecule has 1 N–H and O–H groups in total. The highest BCUT2D eigenvalue weighted by Gasteiger charge is 2.08. The van der Waals surface area contributed by atoms with Gasteiger partial charge in [-0.05, 0) is 13.3 Å². The van der Waals surface area contributed by atoms with Crippen LogP contribution < -0.4 is 5.32 Å². The Labute approximate surface area is 85.3 Å². The minimum absolute atomic E-state index is 0.334. The molecule has 1 aromatic rings. The average Bonchev–Trinajstić information content (AvgIpc) is 2.44. The second kappa shape index (κ2) is 5.00. The number of nitrogens with one attached hydrogen (secondary N) is 1. The molecule has 0 amide bonds. The van der Waals surface area contributed by atoms with Crippen molar-refractivity contribution in [1.29, 1.82) is 0 Å². The molecule has 1 heterocycles. The number of rotatable bonds is 5. The highest BCUT2D eigenvalue weighted by Crippen LogP contribution is 2.08. The maximum Gasteiger partial charge on any atom is 0.203 e. The molecular formula is C10H19N3O. The predicted molar refractivity (Wildman–Crippen MR) is 57.5 cm³/mol. The smallest absolute Gasteiger partial charge is 0.203 e. The predicted octanol–water partition coefficient (Wildman–Crippen LogP) is 1.57. The van der Waals surface area contributed by atoms with Crippen molar-refractivity contribution >= 4 is 5.95 Å².